The zero-order chi connectivity index (χ0) is 10.8. The van der Waals surface area contributed by atoms with Crippen molar-refractivity contribution in [2.75, 3.05) is 23.3 Å². The quantitative estimate of drug-likeness (QED) is 0.558. The van der Waals surface area contributed by atoms with Crippen LogP contribution < -0.4 is 16.8 Å². The average molecular weight is 207 g/mol. The highest BCUT2D eigenvalue weighted by atomic mass is 16.3. The summed E-state index contributed by atoms with van der Waals surface area (Å²) < 4.78 is 0. The van der Waals surface area contributed by atoms with E-state index in [1.165, 1.54) is 0 Å². The van der Waals surface area contributed by atoms with E-state index in [0.717, 1.165) is 25.1 Å². The summed E-state index contributed by atoms with van der Waals surface area (Å²) in [4.78, 5) is 0. The van der Waals surface area contributed by atoms with Crippen LogP contribution in [-0.4, -0.2) is 17.8 Å². The first-order valence-electron chi connectivity index (χ1n) is 5.22. The summed E-state index contributed by atoms with van der Waals surface area (Å²) in [5, 5.41) is 12.4. The molecule has 1 aliphatic carbocycles. The van der Waals surface area contributed by atoms with Gasteiger partial charge in [0.1, 0.15) is 0 Å². The highest BCUT2D eigenvalue weighted by Crippen LogP contribution is 2.28. The molecule has 1 aromatic carbocycles. The van der Waals surface area contributed by atoms with Crippen LogP contribution in [0.3, 0.4) is 0 Å². The van der Waals surface area contributed by atoms with E-state index < -0.39 is 0 Å². The van der Waals surface area contributed by atoms with Gasteiger partial charge < -0.3 is 21.9 Å². The van der Waals surface area contributed by atoms with Crippen LogP contribution in [0.4, 0.5) is 17.1 Å². The Kier molecular flexibility index (Phi) is 2.68. The third-order valence-corrected chi connectivity index (χ3v) is 2.89. The van der Waals surface area contributed by atoms with Crippen molar-refractivity contribution in [3.8, 4) is 0 Å². The number of hydrogen-bond acceptors (Lipinski definition) is 4. The van der Waals surface area contributed by atoms with Crippen molar-refractivity contribution in [2.24, 2.45) is 5.92 Å². The van der Waals surface area contributed by atoms with E-state index in [0.29, 0.717) is 17.3 Å². The van der Waals surface area contributed by atoms with Gasteiger partial charge in [0.25, 0.3) is 0 Å². The Labute approximate surface area is 89.3 Å². The Bertz CT molecular complexity index is 348. The van der Waals surface area contributed by atoms with E-state index in [2.05, 4.69) is 5.32 Å². The monoisotopic (exact) mass is 207 g/mol. The van der Waals surface area contributed by atoms with E-state index >= 15 is 0 Å². The lowest BCUT2D eigenvalue weighted by atomic mass is 9.82. The lowest BCUT2D eigenvalue weighted by molar-refractivity contribution is 0.0487. The van der Waals surface area contributed by atoms with Crippen molar-refractivity contribution in [1.82, 2.24) is 0 Å². The number of benzene rings is 1. The van der Waals surface area contributed by atoms with Crippen molar-refractivity contribution in [3.05, 3.63) is 18.2 Å². The highest BCUT2D eigenvalue weighted by molar-refractivity contribution is 5.69. The molecule has 2 rings (SSSR count). The third-order valence-electron chi connectivity index (χ3n) is 2.89. The molecule has 0 spiro atoms. The molecule has 0 aromatic heterocycles. The fourth-order valence-electron chi connectivity index (χ4n) is 1.81. The predicted octanol–water partition coefficient (Wildman–Crippen LogP) is 1.03. The van der Waals surface area contributed by atoms with Crippen LogP contribution >= 0.6 is 0 Å². The number of nitrogens with two attached hydrogens (primary N) is 2. The lowest BCUT2D eigenvalue weighted by Gasteiger charge is -2.31. The average Bonchev–Trinajstić information content (AvgIpc) is 2.16. The number of aliphatic hydroxyl groups is 1. The van der Waals surface area contributed by atoms with Crippen LogP contribution in [0, 0.1) is 5.92 Å². The summed E-state index contributed by atoms with van der Waals surface area (Å²) in [6.07, 6.45) is 1.71. The second-order valence-corrected chi connectivity index (χ2v) is 4.22. The normalized spacial score (nSPS) is 24.6. The summed E-state index contributed by atoms with van der Waals surface area (Å²) in [7, 11) is 0. The topological polar surface area (TPSA) is 84.3 Å². The zero-order valence-electron chi connectivity index (χ0n) is 8.61. The van der Waals surface area contributed by atoms with Crippen molar-refractivity contribution in [3.63, 3.8) is 0 Å². The molecule has 15 heavy (non-hydrogen) atoms. The maximum absolute atomic E-state index is 9.13. The van der Waals surface area contributed by atoms with Gasteiger partial charge in [-0.25, -0.2) is 0 Å². The first-order chi connectivity index (χ1) is 7.15. The van der Waals surface area contributed by atoms with Crippen LogP contribution in [-0.2, 0) is 0 Å². The van der Waals surface area contributed by atoms with Gasteiger partial charge in [-0.1, -0.05) is 0 Å². The van der Waals surface area contributed by atoms with E-state index in [9.17, 15) is 0 Å². The number of nitrogens with one attached hydrogen (secondary N) is 1. The van der Waals surface area contributed by atoms with Crippen molar-refractivity contribution < 1.29 is 5.11 Å². The molecule has 1 fully saturated rings. The summed E-state index contributed by atoms with van der Waals surface area (Å²) in [6.45, 7) is 0.889. The van der Waals surface area contributed by atoms with Crippen LogP contribution in [0.1, 0.15) is 12.8 Å². The summed E-state index contributed by atoms with van der Waals surface area (Å²) in [5.74, 6) is 0.582. The molecule has 0 amide bonds. The van der Waals surface area contributed by atoms with Gasteiger partial charge in [-0.2, -0.15) is 0 Å². The number of nitrogen functional groups attached to an aromatic ring is 2. The van der Waals surface area contributed by atoms with Gasteiger partial charge in [0.2, 0.25) is 0 Å². The maximum atomic E-state index is 9.13. The molecule has 0 radical (unpaired) electrons. The van der Waals surface area contributed by atoms with Gasteiger partial charge in [-0.05, 0) is 37.0 Å². The fourth-order valence-corrected chi connectivity index (χ4v) is 1.81. The molecule has 4 nitrogen and oxygen atoms in total. The molecule has 1 aromatic rings. The SMILES string of the molecule is Nc1ccc(NCC2CC(O)C2)cc1N. The van der Waals surface area contributed by atoms with E-state index in [1.807, 2.05) is 12.1 Å². The van der Waals surface area contributed by atoms with E-state index in [1.54, 1.807) is 6.07 Å². The van der Waals surface area contributed by atoms with E-state index in [4.69, 9.17) is 16.6 Å². The molecule has 4 heteroatoms. The van der Waals surface area contributed by atoms with Gasteiger partial charge in [-0.15, -0.1) is 0 Å². The largest absolute Gasteiger partial charge is 0.397 e. The number of rotatable bonds is 3. The smallest absolute Gasteiger partial charge is 0.0568 e. The van der Waals surface area contributed by atoms with Crippen molar-refractivity contribution >= 4 is 17.1 Å². The third kappa shape index (κ3) is 2.33. The molecule has 0 saturated heterocycles. The van der Waals surface area contributed by atoms with Gasteiger partial charge in [0.15, 0.2) is 0 Å². The fraction of sp³-hybridized carbons (Fsp3) is 0.455. The summed E-state index contributed by atoms with van der Waals surface area (Å²) in [6, 6.07) is 5.55. The molecule has 6 N–H and O–H groups in total. The van der Waals surface area contributed by atoms with Crippen molar-refractivity contribution in [2.45, 2.75) is 18.9 Å². The van der Waals surface area contributed by atoms with Gasteiger partial charge in [0.05, 0.1) is 17.5 Å². The summed E-state index contributed by atoms with van der Waals surface area (Å²) >= 11 is 0. The van der Waals surface area contributed by atoms with Gasteiger partial charge in [0, 0.05) is 12.2 Å². The molecular formula is C11H17N3O. The summed E-state index contributed by atoms with van der Waals surface area (Å²) in [5.41, 5.74) is 13.5. The second kappa shape index (κ2) is 3.98. The molecule has 0 unspecified atom stereocenters. The predicted molar refractivity (Wildman–Crippen MR) is 62.5 cm³/mol. The molecule has 1 aliphatic rings. The second-order valence-electron chi connectivity index (χ2n) is 4.22. The molecule has 1 saturated carbocycles. The minimum atomic E-state index is -0.0895. The van der Waals surface area contributed by atoms with Crippen LogP contribution in [0.2, 0.25) is 0 Å². The Balaban J connectivity index is 1.86. The Morgan fingerprint density at radius 3 is 2.60 bits per heavy atom. The van der Waals surface area contributed by atoms with Gasteiger partial charge >= 0.3 is 0 Å². The Morgan fingerprint density at radius 2 is 2.00 bits per heavy atom. The molecule has 82 valence electrons. The first kappa shape index (κ1) is 10.1. The van der Waals surface area contributed by atoms with Crippen LogP contribution in [0.5, 0.6) is 0 Å². The zero-order valence-corrected chi connectivity index (χ0v) is 8.61. The lowest BCUT2D eigenvalue weighted by Crippen LogP contribution is -2.33. The molecule has 0 aliphatic heterocycles. The Hall–Kier alpha value is -1.42. The number of aliphatic hydroxyl groups excluding tert-OH is 1. The highest BCUT2D eigenvalue weighted by Gasteiger charge is 2.26. The van der Waals surface area contributed by atoms with Gasteiger partial charge in [-0.3, -0.25) is 0 Å². The van der Waals surface area contributed by atoms with Crippen LogP contribution in [0.25, 0.3) is 0 Å². The molecular weight excluding hydrogens is 190 g/mol. The Morgan fingerprint density at radius 1 is 1.27 bits per heavy atom. The molecule has 0 heterocycles. The standard InChI is InChI=1S/C11H17N3O/c12-10-2-1-8(5-11(10)13)14-6-7-3-9(15)4-7/h1-2,5,7,9,14-15H,3-4,6,12-13H2. The molecule has 0 atom stereocenters. The number of hydrogen-bond donors (Lipinski definition) is 4. The molecule has 0 bridgehead atoms. The van der Waals surface area contributed by atoms with E-state index in [-0.39, 0.29) is 6.10 Å². The first-order valence-corrected chi connectivity index (χ1v) is 5.22. The minimum Gasteiger partial charge on any atom is -0.397 e. The minimum absolute atomic E-state index is 0.0895. The number of anilines is 3. The van der Waals surface area contributed by atoms with Crippen LogP contribution in [0.15, 0.2) is 18.2 Å². The maximum Gasteiger partial charge on any atom is 0.0568 e. The van der Waals surface area contributed by atoms with Crippen molar-refractivity contribution in [1.29, 1.82) is 0 Å².